The molecular weight excluding hydrogens is 308 g/mol. The van der Waals surface area contributed by atoms with Crippen LogP contribution in [0.15, 0.2) is 41.3 Å². The van der Waals surface area contributed by atoms with Crippen molar-refractivity contribution in [3.05, 3.63) is 58.3 Å². The minimum atomic E-state index is -4.96. The third-order valence-corrected chi connectivity index (χ3v) is 2.45. The quantitative estimate of drug-likeness (QED) is 0.855. The highest BCUT2D eigenvalue weighted by molar-refractivity contribution is 6.04. The van der Waals surface area contributed by atoms with E-state index in [-0.39, 0.29) is 5.69 Å². The number of amides is 1. The first kappa shape index (κ1) is 15.5. The van der Waals surface area contributed by atoms with Gasteiger partial charge in [0.25, 0.3) is 5.91 Å². The molecule has 2 rings (SSSR count). The molecule has 0 bridgehead atoms. The second-order valence-corrected chi connectivity index (χ2v) is 4.09. The first-order chi connectivity index (χ1) is 10.2. The van der Waals surface area contributed by atoms with Gasteiger partial charge in [-0.1, -0.05) is 0 Å². The van der Waals surface area contributed by atoms with Crippen molar-refractivity contribution in [1.29, 1.82) is 0 Å². The number of aromatic amines is 1. The molecule has 1 aromatic heterocycles. The van der Waals surface area contributed by atoms with Gasteiger partial charge in [-0.15, -0.1) is 13.2 Å². The van der Waals surface area contributed by atoms with Crippen molar-refractivity contribution in [2.45, 2.75) is 6.36 Å². The number of aromatic nitrogens is 1. The molecule has 0 saturated heterocycles. The van der Waals surface area contributed by atoms with E-state index in [0.717, 1.165) is 12.1 Å². The smallest absolute Gasteiger partial charge is 0.406 e. The van der Waals surface area contributed by atoms with E-state index in [1.807, 2.05) is 0 Å². The molecule has 1 aromatic carbocycles. The van der Waals surface area contributed by atoms with E-state index in [1.54, 1.807) is 0 Å². The molecule has 0 aliphatic rings. The predicted molar refractivity (Wildman–Crippen MR) is 68.1 cm³/mol. The normalized spacial score (nSPS) is 11.1. The Morgan fingerprint density at radius 3 is 2.55 bits per heavy atom. The van der Waals surface area contributed by atoms with Crippen molar-refractivity contribution in [2.75, 3.05) is 5.32 Å². The van der Waals surface area contributed by atoms with Crippen LogP contribution in [-0.2, 0) is 0 Å². The summed E-state index contributed by atoms with van der Waals surface area (Å²) in [7, 11) is 0. The van der Waals surface area contributed by atoms with E-state index in [9.17, 15) is 27.2 Å². The molecule has 2 aromatic rings. The van der Waals surface area contributed by atoms with E-state index >= 15 is 0 Å². The topological polar surface area (TPSA) is 71.2 Å². The Bertz CT molecular complexity index is 755. The van der Waals surface area contributed by atoms with Crippen LogP contribution in [0.4, 0.5) is 23.2 Å². The molecule has 0 atom stereocenters. The highest BCUT2D eigenvalue weighted by Gasteiger charge is 2.31. The van der Waals surface area contributed by atoms with Gasteiger partial charge in [0.2, 0.25) is 5.56 Å². The third kappa shape index (κ3) is 4.08. The summed E-state index contributed by atoms with van der Waals surface area (Å²) >= 11 is 0. The number of halogens is 4. The standard InChI is InChI=1S/C13H8F4N2O3/c14-10-2-1-8(22-13(15,16)17)6-9(10)12(21)19-7-3-4-18-11(20)5-7/h1-6H,(H2,18,19,20,21). The second kappa shape index (κ2) is 5.88. The van der Waals surface area contributed by atoms with Crippen LogP contribution in [-0.4, -0.2) is 17.3 Å². The van der Waals surface area contributed by atoms with Crippen LogP contribution in [0, 0.1) is 5.82 Å². The number of rotatable bonds is 3. The summed E-state index contributed by atoms with van der Waals surface area (Å²) < 4.78 is 53.5. The van der Waals surface area contributed by atoms with Crippen LogP contribution in [0.25, 0.3) is 0 Å². The average Bonchev–Trinajstić information content (AvgIpc) is 2.39. The molecular formula is C13H8F4N2O3. The fraction of sp³-hybridized carbons (Fsp3) is 0.0769. The molecule has 0 aliphatic heterocycles. The maximum absolute atomic E-state index is 13.6. The number of pyridine rings is 1. The lowest BCUT2D eigenvalue weighted by molar-refractivity contribution is -0.274. The van der Waals surface area contributed by atoms with E-state index in [1.165, 1.54) is 12.3 Å². The van der Waals surface area contributed by atoms with Crippen LogP contribution in [0.2, 0.25) is 0 Å². The van der Waals surface area contributed by atoms with Gasteiger partial charge in [0.1, 0.15) is 11.6 Å². The molecule has 22 heavy (non-hydrogen) atoms. The Morgan fingerprint density at radius 2 is 1.91 bits per heavy atom. The number of hydrogen-bond donors (Lipinski definition) is 2. The summed E-state index contributed by atoms with van der Waals surface area (Å²) in [6.07, 6.45) is -3.71. The monoisotopic (exact) mass is 316 g/mol. The van der Waals surface area contributed by atoms with Gasteiger partial charge in [0, 0.05) is 18.0 Å². The fourth-order valence-electron chi connectivity index (χ4n) is 1.60. The maximum Gasteiger partial charge on any atom is 0.573 e. The van der Waals surface area contributed by atoms with Crippen molar-refractivity contribution >= 4 is 11.6 Å². The van der Waals surface area contributed by atoms with Crippen molar-refractivity contribution < 1.29 is 27.1 Å². The lowest BCUT2D eigenvalue weighted by atomic mass is 10.2. The summed E-state index contributed by atoms with van der Waals surface area (Å²) in [6.45, 7) is 0. The molecule has 9 heteroatoms. The molecule has 0 spiro atoms. The number of carbonyl (C=O) groups excluding carboxylic acids is 1. The summed E-state index contributed by atoms with van der Waals surface area (Å²) in [6, 6.07) is 4.39. The molecule has 116 valence electrons. The average molecular weight is 316 g/mol. The number of carbonyl (C=O) groups is 1. The van der Waals surface area contributed by atoms with Crippen LogP contribution in [0.1, 0.15) is 10.4 Å². The van der Waals surface area contributed by atoms with E-state index in [2.05, 4.69) is 15.0 Å². The van der Waals surface area contributed by atoms with Gasteiger partial charge in [0.05, 0.1) is 5.56 Å². The third-order valence-electron chi connectivity index (χ3n) is 2.45. The Hall–Kier alpha value is -2.84. The number of nitrogens with one attached hydrogen (secondary N) is 2. The maximum atomic E-state index is 13.6. The molecule has 0 radical (unpaired) electrons. The number of hydrogen-bond acceptors (Lipinski definition) is 3. The summed E-state index contributed by atoms with van der Waals surface area (Å²) in [5.41, 5.74) is -1.09. The summed E-state index contributed by atoms with van der Waals surface area (Å²) in [4.78, 5) is 25.2. The van der Waals surface area contributed by atoms with Gasteiger partial charge in [-0.3, -0.25) is 9.59 Å². The molecule has 5 nitrogen and oxygen atoms in total. The zero-order valence-corrected chi connectivity index (χ0v) is 10.7. The largest absolute Gasteiger partial charge is 0.573 e. The van der Waals surface area contributed by atoms with Crippen molar-refractivity contribution in [2.24, 2.45) is 0 Å². The second-order valence-electron chi connectivity index (χ2n) is 4.09. The zero-order valence-electron chi connectivity index (χ0n) is 10.7. The molecule has 1 heterocycles. The molecule has 0 fully saturated rings. The van der Waals surface area contributed by atoms with Gasteiger partial charge in [-0.2, -0.15) is 0 Å². The Balaban J connectivity index is 2.25. The summed E-state index contributed by atoms with van der Waals surface area (Å²) in [5, 5.41) is 2.19. The van der Waals surface area contributed by atoms with Gasteiger partial charge in [-0.25, -0.2) is 4.39 Å². The Morgan fingerprint density at radius 1 is 1.18 bits per heavy atom. The van der Waals surface area contributed by atoms with Gasteiger partial charge >= 0.3 is 6.36 Å². The van der Waals surface area contributed by atoms with Gasteiger partial charge in [0.15, 0.2) is 0 Å². The van der Waals surface area contributed by atoms with E-state index in [4.69, 9.17) is 0 Å². The molecule has 2 N–H and O–H groups in total. The minimum absolute atomic E-state index is 0.0651. The van der Waals surface area contributed by atoms with E-state index < -0.39 is 35.0 Å². The first-order valence-corrected chi connectivity index (χ1v) is 5.80. The minimum Gasteiger partial charge on any atom is -0.406 e. The SMILES string of the molecule is O=C(Nc1cc[nH]c(=O)c1)c1cc(OC(F)(F)F)ccc1F. The van der Waals surface area contributed by atoms with Crippen LogP contribution in [0.3, 0.4) is 0 Å². The molecule has 0 saturated carbocycles. The van der Waals surface area contributed by atoms with Crippen LogP contribution >= 0.6 is 0 Å². The number of H-pyrrole nitrogens is 1. The molecule has 1 amide bonds. The van der Waals surface area contributed by atoms with Crippen molar-refractivity contribution in [3.8, 4) is 5.75 Å². The number of ether oxygens (including phenoxy) is 1. The highest BCUT2D eigenvalue weighted by Crippen LogP contribution is 2.25. The molecule has 0 unspecified atom stereocenters. The highest BCUT2D eigenvalue weighted by atomic mass is 19.4. The molecule has 0 aliphatic carbocycles. The van der Waals surface area contributed by atoms with Gasteiger partial charge < -0.3 is 15.0 Å². The predicted octanol–water partition coefficient (Wildman–Crippen LogP) is 2.66. The fourth-order valence-corrected chi connectivity index (χ4v) is 1.60. The Labute approximate surface area is 120 Å². The number of alkyl halides is 3. The Kier molecular flexibility index (Phi) is 4.15. The van der Waals surface area contributed by atoms with Crippen LogP contribution in [0.5, 0.6) is 5.75 Å². The lowest BCUT2D eigenvalue weighted by Crippen LogP contribution is -2.19. The number of benzene rings is 1. The summed E-state index contributed by atoms with van der Waals surface area (Å²) in [5.74, 6) is -2.78. The van der Waals surface area contributed by atoms with Gasteiger partial charge in [-0.05, 0) is 24.3 Å². The van der Waals surface area contributed by atoms with Crippen molar-refractivity contribution in [1.82, 2.24) is 4.98 Å². The zero-order chi connectivity index (χ0) is 16.3. The first-order valence-electron chi connectivity index (χ1n) is 5.80. The van der Waals surface area contributed by atoms with E-state index in [0.29, 0.717) is 12.1 Å². The van der Waals surface area contributed by atoms with Crippen molar-refractivity contribution in [3.63, 3.8) is 0 Å². The van der Waals surface area contributed by atoms with Crippen LogP contribution < -0.4 is 15.6 Å². The lowest BCUT2D eigenvalue weighted by Gasteiger charge is -2.11. The number of anilines is 1.